The molecule has 3 nitrogen and oxygen atoms in total. The molecule has 0 bridgehead atoms. The van der Waals surface area contributed by atoms with Crippen LogP contribution in [0.2, 0.25) is 0 Å². The Morgan fingerprint density at radius 3 is 2.83 bits per heavy atom. The second kappa shape index (κ2) is 7.17. The molecule has 0 radical (unpaired) electrons. The zero-order valence-electron chi connectivity index (χ0n) is 11.1. The highest BCUT2D eigenvalue weighted by Gasteiger charge is 2.20. The number of aliphatic imine (C=N–C) groups is 1. The highest BCUT2D eigenvalue weighted by Crippen LogP contribution is 2.20. The van der Waals surface area contributed by atoms with Gasteiger partial charge in [-0.05, 0) is 18.4 Å². The van der Waals surface area contributed by atoms with E-state index in [1.54, 1.807) is 0 Å². The molecule has 3 heteroatoms. The Balaban J connectivity index is 2.09. The van der Waals surface area contributed by atoms with Crippen LogP contribution in [0.1, 0.15) is 37.9 Å². The molecular weight excluding hydrogens is 224 g/mol. The maximum absolute atomic E-state index is 6.01. The van der Waals surface area contributed by atoms with Crippen molar-refractivity contribution >= 4 is 5.84 Å². The monoisotopic (exact) mass is 246 g/mol. The lowest BCUT2D eigenvalue weighted by molar-refractivity contribution is 0.0926. The van der Waals surface area contributed by atoms with E-state index in [2.05, 4.69) is 41.5 Å². The predicted octanol–water partition coefficient (Wildman–Crippen LogP) is 2.94. The Morgan fingerprint density at radius 2 is 2.17 bits per heavy atom. The molecule has 0 fully saturated rings. The van der Waals surface area contributed by atoms with E-state index in [0.29, 0.717) is 0 Å². The van der Waals surface area contributed by atoms with Crippen molar-refractivity contribution in [3.05, 3.63) is 35.9 Å². The first-order chi connectivity index (χ1) is 8.92. The number of unbranched alkanes of at least 4 members (excludes halogenated alkanes) is 1. The number of nitrogens with one attached hydrogen (secondary N) is 1. The summed E-state index contributed by atoms with van der Waals surface area (Å²) >= 11 is 0. The molecule has 1 heterocycles. The maximum Gasteiger partial charge on any atom is 0.139 e. The molecule has 1 atom stereocenters. The van der Waals surface area contributed by atoms with Crippen LogP contribution < -0.4 is 5.32 Å². The molecule has 0 amide bonds. The standard InChI is InChI=1S/C15H22N2O/c1-2-3-12-18-14(13-8-5-4-6-9-13)15-16-10-7-11-17-15/h4-6,8-9,14H,2-3,7,10-12H2,1H3,(H,16,17)/t14-/m0/s1. The first kappa shape index (κ1) is 13.1. The minimum absolute atomic E-state index is 0.0296. The zero-order valence-corrected chi connectivity index (χ0v) is 11.1. The lowest BCUT2D eigenvalue weighted by atomic mass is 10.1. The summed E-state index contributed by atoms with van der Waals surface area (Å²) in [7, 11) is 0. The molecule has 1 aromatic rings. The number of ether oxygens (including phenoxy) is 1. The Hall–Kier alpha value is -1.35. The summed E-state index contributed by atoms with van der Waals surface area (Å²) in [5.74, 6) is 0.989. The van der Waals surface area contributed by atoms with Gasteiger partial charge in [-0.1, -0.05) is 43.7 Å². The number of amidine groups is 1. The van der Waals surface area contributed by atoms with Gasteiger partial charge in [0.25, 0.3) is 0 Å². The minimum atomic E-state index is -0.0296. The number of hydrogen-bond donors (Lipinski definition) is 1. The molecular formula is C15H22N2O. The van der Waals surface area contributed by atoms with Crippen molar-refractivity contribution in [2.24, 2.45) is 4.99 Å². The van der Waals surface area contributed by atoms with Crippen LogP contribution >= 0.6 is 0 Å². The molecule has 18 heavy (non-hydrogen) atoms. The number of rotatable bonds is 6. The van der Waals surface area contributed by atoms with Crippen molar-refractivity contribution in [3.8, 4) is 0 Å². The largest absolute Gasteiger partial charge is 0.371 e. The average Bonchev–Trinajstić information content (AvgIpc) is 2.46. The normalized spacial score (nSPS) is 16.8. The molecule has 98 valence electrons. The van der Waals surface area contributed by atoms with Gasteiger partial charge in [0.15, 0.2) is 0 Å². The van der Waals surface area contributed by atoms with Crippen LogP contribution in [0.25, 0.3) is 0 Å². The molecule has 1 N–H and O–H groups in total. The number of hydrogen-bond acceptors (Lipinski definition) is 3. The third-order valence-corrected chi connectivity index (χ3v) is 3.06. The molecule has 0 unspecified atom stereocenters. The molecule has 1 aliphatic heterocycles. The fourth-order valence-corrected chi connectivity index (χ4v) is 2.03. The number of nitrogens with zero attached hydrogens (tertiary/aromatic N) is 1. The Labute approximate surface area is 109 Å². The fraction of sp³-hybridized carbons (Fsp3) is 0.533. The zero-order chi connectivity index (χ0) is 12.6. The Morgan fingerprint density at radius 1 is 1.33 bits per heavy atom. The van der Waals surface area contributed by atoms with E-state index >= 15 is 0 Å². The molecule has 0 saturated carbocycles. The third-order valence-electron chi connectivity index (χ3n) is 3.06. The first-order valence-electron chi connectivity index (χ1n) is 6.86. The molecule has 0 aliphatic carbocycles. The summed E-state index contributed by atoms with van der Waals surface area (Å²) in [5, 5.41) is 3.37. The average molecular weight is 246 g/mol. The lowest BCUT2D eigenvalue weighted by Crippen LogP contribution is -2.35. The van der Waals surface area contributed by atoms with Gasteiger partial charge in [-0.25, -0.2) is 0 Å². The van der Waals surface area contributed by atoms with Crippen molar-refractivity contribution in [2.45, 2.75) is 32.3 Å². The van der Waals surface area contributed by atoms with Gasteiger partial charge in [-0.15, -0.1) is 0 Å². The van der Waals surface area contributed by atoms with Gasteiger partial charge in [-0.3, -0.25) is 4.99 Å². The van der Waals surface area contributed by atoms with E-state index in [4.69, 9.17) is 4.74 Å². The van der Waals surface area contributed by atoms with Crippen molar-refractivity contribution in [1.29, 1.82) is 0 Å². The Bertz CT molecular complexity index is 375. The summed E-state index contributed by atoms with van der Waals surface area (Å²) in [6, 6.07) is 10.3. The third kappa shape index (κ3) is 3.57. The topological polar surface area (TPSA) is 33.6 Å². The summed E-state index contributed by atoms with van der Waals surface area (Å²) in [6.07, 6.45) is 3.33. The second-order valence-electron chi connectivity index (χ2n) is 4.56. The van der Waals surface area contributed by atoms with Crippen LogP contribution in [-0.4, -0.2) is 25.5 Å². The van der Waals surface area contributed by atoms with E-state index in [-0.39, 0.29) is 6.10 Å². The smallest absolute Gasteiger partial charge is 0.139 e. The Kier molecular flexibility index (Phi) is 5.21. The van der Waals surface area contributed by atoms with Gasteiger partial charge in [0.1, 0.15) is 11.9 Å². The number of benzene rings is 1. The van der Waals surface area contributed by atoms with E-state index in [0.717, 1.165) is 44.8 Å². The predicted molar refractivity (Wildman–Crippen MR) is 75.0 cm³/mol. The molecule has 0 spiro atoms. The van der Waals surface area contributed by atoms with Gasteiger partial charge in [-0.2, -0.15) is 0 Å². The SMILES string of the molecule is CCCCO[C@H](C1=NCCCN1)c1ccccc1. The summed E-state index contributed by atoms with van der Waals surface area (Å²) in [5.41, 5.74) is 1.18. The van der Waals surface area contributed by atoms with Gasteiger partial charge >= 0.3 is 0 Å². The van der Waals surface area contributed by atoms with Crippen LogP contribution in [0.5, 0.6) is 0 Å². The van der Waals surface area contributed by atoms with Crippen molar-refractivity contribution in [2.75, 3.05) is 19.7 Å². The highest BCUT2D eigenvalue weighted by atomic mass is 16.5. The minimum Gasteiger partial charge on any atom is -0.371 e. The summed E-state index contributed by atoms with van der Waals surface area (Å²) < 4.78 is 6.01. The van der Waals surface area contributed by atoms with E-state index in [9.17, 15) is 0 Å². The van der Waals surface area contributed by atoms with Gasteiger partial charge in [0, 0.05) is 19.7 Å². The molecule has 0 aromatic heterocycles. The van der Waals surface area contributed by atoms with Crippen molar-refractivity contribution < 1.29 is 4.74 Å². The van der Waals surface area contributed by atoms with Crippen LogP contribution in [0.4, 0.5) is 0 Å². The maximum atomic E-state index is 6.01. The summed E-state index contributed by atoms with van der Waals surface area (Å²) in [4.78, 5) is 4.57. The molecule has 1 aromatic carbocycles. The van der Waals surface area contributed by atoms with E-state index < -0.39 is 0 Å². The van der Waals surface area contributed by atoms with Gasteiger partial charge < -0.3 is 10.1 Å². The van der Waals surface area contributed by atoms with Crippen LogP contribution in [0.15, 0.2) is 35.3 Å². The quantitative estimate of drug-likeness (QED) is 0.783. The first-order valence-corrected chi connectivity index (χ1v) is 6.86. The molecule has 0 saturated heterocycles. The van der Waals surface area contributed by atoms with Crippen LogP contribution in [-0.2, 0) is 4.74 Å². The van der Waals surface area contributed by atoms with E-state index in [1.807, 2.05) is 6.07 Å². The second-order valence-corrected chi connectivity index (χ2v) is 4.56. The van der Waals surface area contributed by atoms with Crippen molar-refractivity contribution in [3.63, 3.8) is 0 Å². The van der Waals surface area contributed by atoms with Crippen LogP contribution in [0.3, 0.4) is 0 Å². The van der Waals surface area contributed by atoms with Gasteiger partial charge in [0.05, 0.1) is 0 Å². The fourth-order valence-electron chi connectivity index (χ4n) is 2.03. The molecule has 2 rings (SSSR count). The summed E-state index contributed by atoms with van der Waals surface area (Å²) in [6.45, 7) is 4.87. The molecule has 1 aliphatic rings. The van der Waals surface area contributed by atoms with Crippen LogP contribution in [0, 0.1) is 0 Å². The lowest BCUT2D eigenvalue weighted by Gasteiger charge is -2.24. The van der Waals surface area contributed by atoms with Gasteiger partial charge in [0.2, 0.25) is 0 Å². The van der Waals surface area contributed by atoms with E-state index in [1.165, 1.54) is 5.56 Å². The van der Waals surface area contributed by atoms with Crippen molar-refractivity contribution in [1.82, 2.24) is 5.32 Å². The highest BCUT2D eigenvalue weighted by molar-refractivity contribution is 5.88.